The summed E-state index contributed by atoms with van der Waals surface area (Å²) in [5.41, 5.74) is 2.57. The number of H-pyrrole nitrogens is 2. The second-order valence-corrected chi connectivity index (χ2v) is 7.15. The summed E-state index contributed by atoms with van der Waals surface area (Å²) < 4.78 is 0. The quantitative estimate of drug-likeness (QED) is 0.498. The zero-order valence-corrected chi connectivity index (χ0v) is 15.1. The molecule has 0 aliphatic heterocycles. The third-order valence-corrected chi connectivity index (χ3v) is 5.26. The van der Waals surface area contributed by atoms with E-state index in [9.17, 15) is 14.7 Å². The van der Waals surface area contributed by atoms with Crippen LogP contribution < -0.4 is 5.56 Å². The molecule has 134 valence electrons. The smallest absolute Gasteiger partial charge is 0.335 e. The molecule has 0 bridgehead atoms. The Morgan fingerprint density at radius 3 is 2.63 bits per heavy atom. The van der Waals surface area contributed by atoms with Gasteiger partial charge in [0.1, 0.15) is 0 Å². The number of benzene rings is 2. The minimum absolute atomic E-state index is 0.223. The first-order valence-electron chi connectivity index (χ1n) is 8.21. The summed E-state index contributed by atoms with van der Waals surface area (Å²) in [5, 5.41) is 15.6. The highest BCUT2D eigenvalue weighted by atomic mass is 32.2. The van der Waals surface area contributed by atoms with Crippen LogP contribution in [0.1, 0.15) is 16.1 Å². The average molecular weight is 377 g/mol. The molecule has 2 aromatic carbocycles. The number of nitrogens with one attached hydrogen (secondary N) is 2. The van der Waals surface area contributed by atoms with Crippen LogP contribution in [0.2, 0.25) is 0 Å². The first-order chi connectivity index (χ1) is 13.0. The molecule has 0 amide bonds. The number of carboxylic acids is 1. The number of aromatic carboxylic acids is 1. The van der Waals surface area contributed by atoms with Gasteiger partial charge in [0.25, 0.3) is 5.56 Å². The van der Waals surface area contributed by atoms with Gasteiger partial charge in [-0.25, -0.2) is 9.78 Å². The molecule has 0 spiro atoms. The first kappa shape index (κ1) is 17.1. The van der Waals surface area contributed by atoms with Crippen LogP contribution in [0.15, 0.2) is 69.2 Å². The number of carboxylic acid groups (broad SMARTS) is 1. The van der Waals surface area contributed by atoms with Crippen molar-refractivity contribution in [3.05, 3.63) is 76.2 Å². The predicted molar refractivity (Wildman–Crippen MR) is 104 cm³/mol. The normalized spacial score (nSPS) is 11.0. The van der Waals surface area contributed by atoms with Crippen molar-refractivity contribution in [1.29, 1.82) is 0 Å². The Kier molecular flexibility index (Phi) is 4.29. The zero-order chi connectivity index (χ0) is 19.0. The van der Waals surface area contributed by atoms with E-state index in [0.717, 1.165) is 20.7 Å². The molecule has 0 saturated carbocycles. The van der Waals surface area contributed by atoms with Crippen LogP contribution in [0.3, 0.4) is 0 Å². The van der Waals surface area contributed by atoms with Gasteiger partial charge in [-0.2, -0.15) is 0 Å². The standard InChI is InChI=1S/C20H15N3O3S/c1-11-18(19(24)23-22-11)16-10-17(14-7-2-3-8-15(14)21-16)27-13-6-4-5-12(9-13)20(25)26/h2-10H,1H3,(H,25,26)(H2,22,23,24). The van der Waals surface area contributed by atoms with Crippen LogP contribution in [0.25, 0.3) is 22.2 Å². The largest absolute Gasteiger partial charge is 0.478 e. The Labute approximate surface area is 158 Å². The molecule has 6 nitrogen and oxygen atoms in total. The summed E-state index contributed by atoms with van der Waals surface area (Å²) in [7, 11) is 0. The van der Waals surface area contributed by atoms with E-state index in [4.69, 9.17) is 0 Å². The third-order valence-electron chi connectivity index (χ3n) is 4.21. The molecule has 0 radical (unpaired) electrons. The van der Waals surface area contributed by atoms with Crippen LogP contribution >= 0.6 is 11.8 Å². The summed E-state index contributed by atoms with van der Waals surface area (Å²) in [6.45, 7) is 1.81. The molecule has 4 aromatic rings. The van der Waals surface area contributed by atoms with Crippen molar-refractivity contribution < 1.29 is 9.90 Å². The first-order valence-corrected chi connectivity index (χ1v) is 9.03. The molecular formula is C20H15N3O3S. The number of hydrogen-bond donors (Lipinski definition) is 3. The van der Waals surface area contributed by atoms with E-state index in [1.807, 2.05) is 43.3 Å². The van der Waals surface area contributed by atoms with Gasteiger partial charge in [0, 0.05) is 20.9 Å². The molecular weight excluding hydrogens is 362 g/mol. The van der Waals surface area contributed by atoms with Crippen molar-refractivity contribution in [2.45, 2.75) is 16.7 Å². The Bertz CT molecular complexity index is 1230. The van der Waals surface area contributed by atoms with Crippen molar-refractivity contribution in [3.63, 3.8) is 0 Å². The van der Waals surface area contributed by atoms with Crippen LogP contribution in [-0.2, 0) is 0 Å². The van der Waals surface area contributed by atoms with Gasteiger partial charge in [0.05, 0.1) is 22.3 Å². The summed E-state index contributed by atoms with van der Waals surface area (Å²) in [6, 6.07) is 16.3. The van der Waals surface area contributed by atoms with E-state index in [1.54, 1.807) is 18.2 Å². The van der Waals surface area contributed by atoms with Gasteiger partial charge >= 0.3 is 5.97 Å². The summed E-state index contributed by atoms with van der Waals surface area (Å²) in [4.78, 5) is 29.8. The number of carbonyl (C=O) groups is 1. The molecule has 2 aromatic heterocycles. The van der Waals surface area contributed by atoms with Gasteiger partial charge in [0.2, 0.25) is 0 Å². The molecule has 3 N–H and O–H groups in total. The maximum Gasteiger partial charge on any atom is 0.335 e. The molecule has 0 fully saturated rings. The Morgan fingerprint density at radius 2 is 1.89 bits per heavy atom. The molecule has 0 aliphatic carbocycles. The summed E-state index contributed by atoms with van der Waals surface area (Å²) >= 11 is 1.45. The number of pyridine rings is 1. The van der Waals surface area contributed by atoms with Crippen LogP contribution in [-0.4, -0.2) is 26.3 Å². The predicted octanol–water partition coefficient (Wildman–Crippen LogP) is 4.08. The molecule has 0 unspecified atom stereocenters. The highest BCUT2D eigenvalue weighted by molar-refractivity contribution is 7.99. The van der Waals surface area contributed by atoms with Crippen molar-refractivity contribution in [2.24, 2.45) is 0 Å². The Hall–Kier alpha value is -3.32. The van der Waals surface area contributed by atoms with Crippen LogP contribution in [0.4, 0.5) is 0 Å². The summed E-state index contributed by atoms with van der Waals surface area (Å²) in [5.74, 6) is -0.966. The number of aryl methyl sites for hydroxylation is 1. The van der Waals surface area contributed by atoms with Gasteiger partial charge in [-0.3, -0.25) is 9.89 Å². The minimum atomic E-state index is -0.966. The molecule has 0 aliphatic rings. The van der Waals surface area contributed by atoms with E-state index in [0.29, 0.717) is 17.0 Å². The fourth-order valence-corrected chi connectivity index (χ4v) is 3.97. The van der Waals surface area contributed by atoms with E-state index in [-0.39, 0.29) is 11.1 Å². The molecule has 4 rings (SSSR count). The van der Waals surface area contributed by atoms with Gasteiger partial charge in [0.15, 0.2) is 0 Å². The number of aromatic nitrogens is 3. The van der Waals surface area contributed by atoms with Crippen molar-refractivity contribution in [2.75, 3.05) is 0 Å². The van der Waals surface area contributed by atoms with Gasteiger partial charge < -0.3 is 10.2 Å². The van der Waals surface area contributed by atoms with Crippen molar-refractivity contribution in [3.8, 4) is 11.3 Å². The fraction of sp³-hybridized carbons (Fsp3) is 0.0500. The van der Waals surface area contributed by atoms with E-state index in [1.165, 1.54) is 11.8 Å². The lowest BCUT2D eigenvalue weighted by molar-refractivity contribution is 0.0696. The number of nitrogens with zero attached hydrogens (tertiary/aromatic N) is 1. The second-order valence-electron chi connectivity index (χ2n) is 6.04. The minimum Gasteiger partial charge on any atom is -0.478 e. The average Bonchev–Trinajstić information content (AvgIpc) is 3.00. The fourth-order valence-electron chi connectivity index (χ4n) is 2.93. The lowest BCUT2D eigenvalue weighted by Crippen LogP contribution is -2.03. The van der Waals surface area contributed by atoms with Crippen molar-refractivity contribution in [1.82, 2.24) is 15.2 Å². The lowest BCUT2D eigenvalue weighted by Gasteiger charge is -2.09. The van der Waals surface area contributed by atoms with E-state index >= 15 is 0 Å². The molecule has 0 atom stereocenters. The zero-order valence-electron chi connectivity index (χ0n) is 14.3. The number of hydrogen-bond acceptors (Lipinski definition) is 4. The number of fused-ring (bicyclic) bond motifs is 1. The molecule has 2 heterocycles. The summed E-state index contributed by atoms with van der Waals surface area (Å²) in [6.07, 6.45) is 0. The van der Waals surface area contributed by atoms with Crippen LogP contribution in [0, 0.1) is 6.92 Å². The Morgan fingerprint density at radius 1 is 1.07 bits per heavy atom. The number of aromatic amines is 2. The molecule has 0 saturated heterocycles. The van der Waals surface area contributed by atoms with Gasteiger partial charge in [-0.15, -0.1) is 0 Å². The maximum absolute atomic E-state index is 12.2. The topological polar surface area (TPSA) is 98.8 Å². The molecule has 27 heavy (non-hydrogen) atoms. The van der Waals surface area contributed by atoms with E-state index in [2.05, 4.69) is 15.2 Å². The molecule has 7 heteroatoms. The number of rotatable bonds is 4. The highest BCUT2D eigenvalue weighted by Crippen LogP contribution is 2.35. The van der Waals surface area contributed by atoms with Crippen molar-refractivity contribution >= 4 is 28.6 Å². The Balaban J connectivity index is 1.88. The van der Waals surface area contributed by atoms with Gasteiger partial charge in [-0.05, 0) is 37.3 Å². The lowest BCUT2D eigenvalue weighted by atomic mass is 10.1. The van der Waals surface area contributed by atoms with Crippen LogP contribution in [0.5, 0.6) is 0 Å². The third kappa shape index (κ3) is 3.24. The highest BCUT2D eigenvalue weighted by Gasteiger charge is 2.15. The van der Waals surface area contributed by atoms with Gasteiger partial charge in [-0.1, -0.05) is 36.0 Å². The maximum atomic E-state index is 12.2. The second kappa shape index (κ2) is 6.77. The number of para-hydroxylation sites is 1. The SMILES string of the molecule is Cc1[nH][nH]c(=O)c1-c1cc(Sc2cccc(C(=O)O)c2)c2ccccc2n1. The van der Waals surface area contributed by atoms with E-state index < -0.39 is 5.97 Å². The monoisotopic (exact) mass is 377 g/mol.